The first kappa shape index (κ1) is 12.9. The second kappa shape index (κ2) is 5.40. The Balaban J connectivity index is 2.49. The zero-order chi connectivity index (χ0) is 13.1. The molecule has 0 saturated heterocycles. The van der Waals surface area contributed by atoms with Crippen molar-refractivity contribution in [2.75, 3.05) is 18.0 Å². The summed E-state index contributed by atoms with van der Waals surface area (Å²) in [4.78, 5) is 13.3. The molecule has 0 saturated carbocycles. The van der Waals surface area contributed by atoms with Crippen LogP contribution >= 0.6 is 15.9 Å². The number of fused-ring (bicyclic) bond motifs is 1. The summed E-state index contributed by atoms with van der Waals surface area (Å²) in [5.41, 5.74) is 2.43. The van der Waals surface area contributed by atoms with Gasteiger partial charge in [0.15, 0.2) is 0 Å². The Morgan fingerprint density at radius 1 is 1.56 bits per heavy atom. The average molecular weight is 308 g/mol. The maximum Gasteiger partial charge on any atom is 0.331 e. The molecule has 0 atom stereocenters. The summed E-state index contributed by atoms with van der Waals surface area (Å²) in [6.45, 7) is 5.16. The van der Waals surface area contributed by atoms with E-state index in [0.717, 1.165) is 22.3 Å². The Hall–Kier alpha value is -1.55. The standard InChI is InChI=1S/C14H14BrNO2/c1-2-6-16-7-5-10(14(17)18)8-11-9-12(15)3-4-13(11)16/h2-4,8-9H,1,5-7H2,(H,17,18). The Bertz CT molecular complexity index is 523. The Kier molecular flexibility index (Phi) is 3.87. The number of carboxylic acids is 1. The fourth-order valence-corrected chi connectivity index (χ4v) is 2.46. The van der Waals surface area contributed by atoms with Crippen LogP contribution < -0.4 is 4.90 Å². The predicted molar refractivity (Wildman–Crippen MR) is 76.8 cm³/mol. The topological polar surface area (TPSA) is 40.5 Å². The summed E-state index contributed by atoms with van der Waals surface area (Å²) in [6, 6.07) is 5.92. The fourth-order valence-electron chi connectivity index (χ4n) is 2.08. The van der Waals surface area contributed by atoms with Crippen LogP contribution in [-0.2, 0) is 4.79 Å². The van der Waals surface area contributed by atoms with E-state index < -0.39 is 5.97 Å². The molecule has 1 aliphatic heterocycles. The molecule has 0 bridgehead atoms. The van der Waals surface area contributed by atoms with Crippen molar-refractivity contribution in [3.05, 3.63) is 46.5 Å². The molecule has 2 rings (SSSR count). The van der Waals surface area contributed by atoms with E-state index in [1.165, 1.54) is 0 Å². The van der Waals surface area contributed by atoms with Crippen LogP contribution in [0.1, 0.15) is 12.0 Å². The number of hydrogen-bond donors (Lipinski definition) is 1. The van der Waals surface area contributed by atoms with Crippen molar-refractivity contribution in [3.8, 4) is 0 Å². The van der Waals surface area contributed by atoms with E-state index in [4.69, 9.17) is 5.11 Å². The third kappa shape index (κ3) is 2.64. The maximum absolute atomic E-state index is 11.1. The summed E-state index contributed by atoms with van der Waals surface area (Å²) in [5.74, 6) is -0.846. The van der Waals surface area contributed by atoms with E-state index in [2.05, 4.69) is 27.4 Å². The largest absolute Gasteiger partial charge is 0.478 e. The second-order valence-corrected chi connectivity index (χ2v) is 5.08. The number of halogens is 1. The van der Waals surface area contributed by atoms with Crippen molar-refractivity contribution in [1.82, 2.24) is 0 Å². The zero-order valence-corrected chi connectivity index (χ0v) is 11.5. The number of hydrogen-bond acceptors (Lipinski definition) is 2. The molecule has 0 spiro atoms. The van der Waals surface area contributed by atoms with Gasteiger partial charge in [-0.05, 0) is 36.3 Å². The molecule has 0 unspecified atom stereocenters. The first-order valence-electron chi connectivity index (χ1n) is 5.71. The van der Waals surface area contributed by atoms with Crippen molar-refractivity contribution in [2.45, 2.75) is 6.42 Å². The van der Waals surface area contributed by atoms with Crippen LogP contribution in [0.2, 0.25) is 0 Å². The summed E-state index contributed by atoms with van der Waals surface area (Å²) in [7, 11) is 0. The van der Waals surface area contributed by atoms with Gasteiger partial charge in [-0.2, -0.15) is 0 Å². The third-order valence-corrected chi connectivity index (χ3v) is 3.43. The smallest absolute Gasteiger partial charge is 0.331 e. The molecule has 0 radical (unpaired) electrons. The van der Waals surface area contributed by atoms with Gasteiger partial charge in [0.25, 0.3) is 0 Å². The van der Waals surface area contributed by atoms with Gasteiger partial charge in [-0.25, -0.2) is 4.79 Å². The highest BCUT2D eigenvalue weighted by molar-refractivity contribution is 9.10. The van der Waals surface area contributed by atoms with Gasteiger partial charge in [-0.1, -0.05) is 22.0 Å². The van der Waals surface area contributed by atoms with E-state index in [0.29, 0.717) is 18.5 Å². The number of benzene rings is 1. The summed E-state index contributed by atoms with van der Waals surface area (Å²) < 4.78 is 0.947. The number of nitrogens with zero attached hydrogens (tertiary/aromatic N) is 1. The Morgan fingerprint density at radius 2 is 2.33 bits per heavy atom. The molecule has 1 N–H and O–H groups in total. The molecule has 1 aromatic rings. The van der Waals surface area contributed by atoms with Crippen LogP contribution in [0.15, 0.2) is 40.9 Å². The maximum atomic E-state index is 11.1. The van der Waals surface area contributed by atoms with E-state index in [1.807, 2.05) is 24.3 Å². The van der Waals surface area contributed by atoms with Crippen LogP contribution in [0.3, 0.4) is 0 Å². The lowest BCUT2D eigenvalue weighted by Gasteiger charge is -2.23. The van der Waals surface area contributed by atoms with E-state index in [9.17, 15) is 4.79 Å². The minimum absolute atomic E-state index is 0.445. The van der Waals surface area contributed by atoms with Crippen LogP contribution in [0.5, 0.6) is 0 Å². The quantitative estimate of drug-likeness (QED) is 0.871. The van der Waals surface area contributed by atoms with Crippen LogP contribution in [0.25, 0.3) is 6.08 Å². The van der Waals surface area contributed by atoms with Crippen molar-refractivity contribution >= 4 is 33.7 Å². The normalized spacial score (nSPS) is 14.5. The zero-order valence-electron chi connectivity index (χ0n) is 9.90. The van der Waals surface area contributed by atoms with E-state index >= 15 is 0 Å². The number of aliphatic carboxylic acids is 1. The summed E-state index contributed by atoms with van der Waals surface area (Å²) >= 11 is 3.42. The number of anilines is 1. The lowest BCUT2D eigenvalue weighted by molar-refractivity contribution is -0.132. The molecule has 3 nitrogen and oxygen atoms in total. The minimum atomic E-state index is -0.846. The summed E-state index contributed by atoms with van der Waals surface area (Å²) in [6.07, 6.45) is 4.12. The van der Waals surface area contributed by atoms with Crippen LogP contribution in [0, 0.1) is 0 Å². The molecular weight excluding hydrogens is 294 g/mol. The van der Waals surface area contributed by atoms with Gasteiger partial charge >= 0.3 is 5.97 Å². The monoisotopic (exact) mass is 307 g/mol. The van der Waals surface area contributed by atoms with Gasteiger partial charge in [0, 0.05) is 28.8 Å². The average Bonchev–Trinajstić information content (AvgIpc) is 2.49. The van der Waals surface area contributed by atoms with Gasteiger partial charge < -0.3 is 10.0 Å². The van der Waals surface area contributed by atoms with Gasteiger partial charge in [0.1, 0.15) is 0 Å². The van der Waals surface area contributed by atoms with E-state index in [1.54, 1.807) is 6.08 Å². The van der Waals surface area contributed by atoms with Crippen molar-refractivity contribution in [1.29, 1.82) is 0 Å². The van der Waals surface area contributed by atoms with Gasteiger partial charge in [-0.3, -0.25) is 0 Å². The van der Waals surface area contributed by atoms with Crippen LogP contribution in [0.4, 0.5) is 5.69 Å². The lowest BCUT2D eigenvalue weighted by atomic mass is 10.1. The Labute approximate surface area is 115 Å². The molecule has 0 aromatic heterocycles. The molecule has 1 heterocycles. The molecule has 18 heavy (non-hydrogen) atoms. The number of rotatable bonds is 3. The molecule has 94 valence electrons. The van der Waals surface area contributed by atoms with Crippen molar-refractivity contribution < 1.29 is 9.90 Å². The molecule has 0 amide bonds. The van der Waals surface area contributed by atoms with Gasteiger partial charge in [-0.15, -0.1) is 6.58 Å². The molecule has 4 heteroatoms. The number of carboxylic acid groups (broad SMARTS) is 1. The second-order valence-electron chi connectivity index (χ2n) is 4.16. The Morgan fingerprint density at radius 3 is 3.00 bits per heavy atom. The van der Waals surface area contributed by atoms with Crippen molar-refractivity contribution in [3.63, 3.8) is 0 Å². The molecule has 1 aliphatic rings. The minimum Gasteiger partial charge on any atom is -0.478 e. The highest BCUT2D eigenvalue weighted by atomic mass is 79.9. The SMILES string of the molecule is C=CCN1CCC(C(=O)O)=Cc2cc(Br)ccc21. The summed E-state index contributed by atoms with van der Waals surface area (Å²) in [5, 5.41) is 9.16. The highest BCUT2D eigenvalue weighted by Gasteiger charge is 2.18. The fraction of sp³-hybridized carbons (Fsp3) is 0.214. The first-order valence-corrected chi connectivity index (χ1v) is 6.50. The molecule has 1 aromatic carbocycles. The number of carbonyl (C=O) groups is 1. The van der Waals surface area contributed by atoms with E-state index in [-0.39, 0.29) is 0 Å². The third-order valence-electron chi connectivity index (χ3n) is 2.94. The van der Waals surface area contributed by atoms with Crippen molar-refractivity contribution in [2.24, 2.45) is 0 Å². The first-order chi connectivity index (χ1) is 8.61. The van der Waals surface area contributed by atoms with Gasteiger partial charge in [0.05, 0.1) is 0 Å². The molecular formula is C14H14BrNO2. The highest BCUT2D eigenvalue weighted by Crippen LogP contribution is 2.30. The predicted octanol–water partition coefficient (Wildman–Crippen LogP) is 3.31. The molecule has 0 aliphatic carbocycles. The van der Waals surface area contributed by atoms with Crippen LogP contribution in [-0.4, -0.2) is 24.2 Å². The lowest BCUT2D eigenvalue weighted by Crippen LogP contribution is -2.24. The molecule has 0 fully saturated rings. The van der Waals surface area contributed by atoms with Gasteiger partial charge in [0.2, 0.25) is 0 Å².